The standard InChI is InChI=1S/4C31H30/c2*1-19-7-9-24(10-8-19)25-11-13-26(14-12-25)31(6)29-17-22(4)20(2)15-27(29)28-16-21(3)23(5)18-30(28)31;2*1-19-10-12-24(13-11-19)25-8-7-9-26(18-25)31(6)29-16-22(4)20(2)14-27(29)28-15-21(3)23(5)17-30(28)31/h4*7-18H,1-6H3. The monoisotopic (exact) mass is 1610 g/mol. The predicted molar refractivity (Wildman–Crippen MR) is 532 cm³/mol. The molecule has 0 nitrogen and oxygen atoms in total. The Morgan fingerprint density at radius 2 is 0.274 bits per heavy atom. The van der Waals surface area contributed by atoms with E-state index in [1.807, 2.05) is 0 Å². The highest BCUT2D eigenvalue weighted by molar-refractivity contribution is 5.90. The number of aryl methyl sites for hydroxylation is 20. The minimum absolute atomic E-state index is 0.145. The third-order valence-corrected chi connectivity index (χ3v) is 29.9. The molecule has 4 aliphatic rings. The molecule has 0 aromatic heterocycles. The molecular weight excluding hydrogens is 1490 g/mol. The first-order chi connectivity index (χ1) is 59.1. The third-order valence-electron chi connectivity index (χ3n) is 29.9. The van der Waals surface area contributed by atoms with Crippen LogP contribution in [0.3, 0.4) is 0 Å². The van der Waals surface area contributed by atoms with Crippen molar-refractivity contribution in [2.45, 2.75) is 188 Å². The lowest BCUT2D eigenvalue weighted by molar-refractivity contribution is 0.712. The highest BCUT2D eigenvalue weighted by Crippen LogP contribution is 2.59. The Kier molecular flexibility index (Phi) is 21.6. The van der Waals surface area contributed by atoms with E-state index in [4.69, 9.17) is 0 Å². The van der Waals surface area contributed by atoms with Gasteiger partial charge in [-0.25, -0.2) is 0 Å². The van der Waals surface area contributed by atoms with Gasteiger partial charge in [0.2, 0.25) is 0 Å². The number of hydrogen-bond donors (Lipinski definition) is 0. The second-order valence-electron chi connectivity index (χ2n) is 38.1. The zero-order chi connectivity index (χ0) is 87.7. The molecule has 0 heteroatoms. The van der Waals surface area contributed by atoms with Crippen molar-refractivity contribution in [3.8, 4) is 89.0 Å². The highest BCUT2D eigenvalue weighted by Gasteiger charge is 2.46. The Labute approximate surface area is 741 Å². The fraction of sp³-hybridized carbons (Fsp3) is 0.226. The van der Waals surface area contributed by atoms with Crippen LogP contribution in [0.1, 0.15) is 206 Å². The van der Waals surface area contributed by atoms with Crippen LogP contribution in [-0.2, 0) is 21.7 Å². The van der Waals surface area contributed by atoms with Gasteiger partial charge in [0.1, 0.15) is 0 Å². The van der Waals surface area contributed by atoms with Crippen LogP contribution in [0.2, 0.25) is 0 Å². The van der Waals surface area contributed by atoms with Crippen LogP contribution in [0.5, 0.6) is 0 Å². The number of hydrogen-bond acceptors (Lipinski definition) is 0. The average molecular weight is 1610 g/mol. The summed E-state index contributed by atoms with van der Waals surface area (Å²) in [5, 5.41) is 0. The molecule has 0 saturated heterocycles. The van der Waals surface area contributed by atoms with Gasteiger partial charge >= 0.3 is 0 Å². The van der Waals surface area contributed by atoms with E-state index in [0.29, 0.717) is 0 Å². The van der Waals surface area contributed by atoms with E-state index in [2.05, 4.69) is 457 Å². The molecule has 16 aromatic rings. The molecule has 0 amide bonds. The smallest absolute Gasteiger partial charge is 0.0435 e. The van der Waals surface area contributed by atoms with E-state index < -0.39 is 0 Å². The first-order valence-corrected chi connectivity index (χ1v) is 44.8. The molecule has 0 N–H and O–H groups in total. The Morgan fingerprint density at radius 1 is 0.129 bits per heavy atom. The van der Waals surface area contributed by atoms with E-state index >= 15 is 0 Å². The summed E-state index contributed by atoms with van der Waals surface area (Å²) < 4.78 is 0. The highest BCUT2D eigenvalue weighted by atomic mass is 14.5. The van der Waals surface area contributed by atoms with Gasteiger partial charge in [0, 0.05) is 21.7 Å². The summed E-state index contributed by atoms with van der Waals surface area (Å²) in [4.78, 5) is 0. The fourth-order valence-corrected chi connectivity index (χ4v) is 20.4. The zero-order valence-corrected chi connectivity index (χ0v) is 77.7. The molecule has 0 spiro atoms. The third kappa shape index (κ3) is 14.4. The SMILES string of the molecule is Cc1ccc(-c2ccc(C3(C)c4cc(C)c(C)cc4-c4cc(C)c(C)cc43)cc2)cc1.Cc1ccc(-c2ccc(C3(C)c4cc(C)c(C)cc4-c4cc(C)c(C)cc43)cc2)cc1.Cc1ccc(-c2cccc(C3(C)c4cc(C)c(C)cc4-c4cc(C)c(C)cc43)c2)cc1.Cc1ccc(-c2cccc(C3(C)c4cc(C)c(C)cc4-c4cc(C)c(C)cc43)c2)cc1. The maximum atomic E-state index is 2.42. The van der Waals surface area contributed by atoms with Crippen molar-refractivity contribution >= 4 is 0 Å². The summed E-state index contributed by atoms with van der Waals surface area (Å²) in [6, 6.07) is 111. The van der Waals surface area contributed by atoms with E-state index in [9.17, 15) is 0 Å². The number of rotatable bonds is 8. The quantitative estimate of drug-likeness (QED) is 0.142. The van der Waals surface area contributed by atoms with Gasteiger partial charge in [-0.15, -0.1) is 0 Å². The first-order valence-electron chi connectivity index (χ1n) is 44.8. The number of fused-ring (bicyclic) bond motifs is 12. The lowest BCUT2D eigenvalue weighted by Gasteiger charge is -2.29. The molecule has 16 aromatic carbocycles. The molecular formula is C124H120. The minimum Gasteiger partial charge on any atom is -0.0613 e. The van der Waals surface area contributed by atoms with Crippen LogP contribution < -0.4 is 0 Å². The van der Waals surface area contributed by atoms with Gasteiger partial charge in [0.05, 0.1) is 0 Å². The van der Waals surface area contributed by atoms with Crippen molar-refractivity contribution < 1.29 is 0 Å². The Morgan fingerprint density at radius 3 is 0.452 bits per heavy atom. The molecule has 0 atom stereocenters. The van der Waals surface area contributed by atoms with Crippen LogP contribution in [0.4, 0.5) is 0 Å². The lowest BCUT2D eigenvalue weighted by atomic mass is 9.73. The topological polar surface area (TPSA) is 0 Å². The second kappa shape index (κ2) is 32.0. The molecule has 0 aliphatic heterocycles. The van der Waals surface area contributed by atoms with Crippen molar-refractivity contribution in [2.24, 2.45) is 0 Å². The summed E-state index contributed by atoms with van der Waals surface area (Å²) in [5.74, 6) is 0. The first kappa shape index (κ1) is 83.8. The molecule has 0 fully saturated rings. The summed E-state index contributed by atoms with van der Waals surface area (Å²) in [7, 11) is 0. The van der Waals surface area contributed by atoms with E-state index in [1.165, 1.54) is 267 Å². The summed E-state index contributed by atoms with van der Waals surface area (Å²) in [6.45, 7) is 53.9. The van der Waals surface area contributed by atoms with Crippen LogP contribution in [-0.4, -0.2) is 0 Å². The van der Waals surface area contributed by atoms with Gasteiger partial charge < -0.3 is 0 Å². The number of benzene rings is 16. The Bertz CT molecular complexity index is 6270. The fourth-order valence-electron chi connectivity index (χ4n) is 20.4. The lowest BCUT2D eigenvalue weighted by Crippen LogP contribution is -2.23. The van der Waals surface area contributed by atoms with Crippen LogP contribution in [0.25, 0.3) is 89.0 Å². The van der Waals surface area contributed by atoms with Crippen molar-refractivity contribution in [3.63, 3.8) is 0 Å². The molecule has 0 bridgehead atoms. The molecule has 0 unspecified atom stereocenters. The molecule has 124 heavy (non-hydrogen) atoms. The molecule has 0 heterocycles. The summed E-state index contributed by atoms with van der Waals surface area (Å²) in [5.41, 5.74) is 64.5. The maximum absolute atomic E-state index is 2.42. The zero-order valence-electron chi connectivity index (χ0n) is 77.7. The van der Waals surface area contributed by atoms with Gasteiger partial charge in [-0.3, -0.25) is 0 Å². The van der Waals surface area contributed by atoms with Gasteiger partial charge in [-0.05, 0) is 423 Å². The van der Waals surface area contributed by atoms with Crippen LogP contribution in [0.15, 0.2) is 291 Å². The van der Waals surface area contributed by atoms with Crippen LogP contribution in [0, 0.1) is 138 Å². The Balaban J connectivity index is 0.000000117. The van der Waals surface area contributed by atoms with E-state index in [1.54, 1.807) is 0 Å². The molecule has 4 aliphatic carbocycles. The molecule has 0 radical (unpaired) electrons. The van der Waals surface area contributed by atoms with E-state index in [0.717, 1.165) is 0 Å². The largest absolute Gasteiger partial charge is 0.0613 e. The van der Waals surface area contributed by atoms with E-state index in [-0.39, 0.29) is 21.7 Å². The average Bonchev–Trinajstić information content (AvgIpc) is 1.57. The van der Waals surface area contributed by atoms with Gasteiger partial charge in [0.15, 0.2) is 0 Å². The second-order valence-corrected chi connectivity index (χ2v) is 38.1. The van der Waals surface area contributed by atoms with Crippen molar-refractivity contribution in [2.75, 3.05) is 0 Å². The predicted octanol–water partition coefficient (Wildman–Crippen LogP) is 32.9. The van der Waals surface area contributed by atoms with Gasteiger partial charge in [-0.1, -0.05) is 301 Å². The van der Waals surface area contributed by atoms with Crippen molar-refractivity contribution in [3.05, 3.63) is 469 Å². The van der Waals surface area contributed by atoms with Gasteiger partial charge in [0.25, 0.3) is 0 Å². The van der Waals surface area contributed by atoms with Gasteiger partial charge in [-0.2, -0.15) is 0 Å². The van der Waals surface area contributed by atoms with Crippen LogP contribution >= 0.6 is 0 Å². The van der Waals surface area contributed by atoms with Crippen molar-refractivity contribution in [1.29, 1.82) is 0 Å². The molecule has 616 valence electrons. The van der Waals surface area contributed by atoms with Crippen molar-refractivity contribution in [1.82, 2.24) is 0 Å². The molecule has 20 rings (SSSR count). The molecule has 0 saturated carbocycles. The summed E-state index contributed by atoms with van der Waals surface area (Å²) in [6.07, 6.45) is 0. The summed E-state index contributed by atoms with van der Waals surface area (Å²) >= 11 is 0. The maximum Gasteiger partial charge on any atom is 0.0435 e. The Hall–Kier alpha value is -12.5. The minimum atomic E-state index is -0.164. The normalized spacial score (nSPS) is 13.7.